The van der Waals surface area contributed by atoms with Gasteiger partial charge >= 0.3 is 0 Å². The summed E-state index contributed by atoms with van der Waals surface area (Å²) >= 11 is 0. The van der Waals surface area contributed by atoms with Crippen molar-refractivity contribution in [3.63, 3.8) is 0 Å². The monoisotopic (exact) mass is 208 g/mol. The van der Waals surface area contributed by atoms with Gasteiger partial charge < -0.3 is 9.64 Å². The number of hydrogen-bond donors (Lipinski definition) is 0. The van der Waals surface area contributed by atoms with Crippen LogP contribution >= 0.6 is 0 Å². The van der Waals surface area contributed by atoms with Crippen LogP contribution in [0.2, 0.25) is 0 Å². The van der Waals surface area contributed by atoms with Crippen LogP contribution in [0.25, 0.3) is 0 Å². The summed E-state index contributed by atoms with van der Waals surface area (Å²) in [5, 5.41) is 0. The molecule has 1 rings (SSSR count). The molecule has 0 bridgehead atoms. The average molecular weight is 208 g/mol. The van der Waals surface area contributed by atoms with E-state index in [4.69, 9.17) is 20.6 Å². The predicted molar refractivity (Wildman–Crippen MR) is 55.4 cm³/mol. The molecule has 0 aliphatic heterocycles. The molecule has 0 heterocycles. The van der Waals surface area contributed by atoms with Crippen molar-refractivity contribution < 1.29 is 30.1 Å². The number of hydrogen-bond acceptors (Lipinski definition) is 2. The highest BCUT2D eigenvalue weighted by Crippen LogP contribution is 2.11. The van der Waals surface area contributed by atoms with Gasteiger partial charge in [0.25, 0.3) is 0 Å². The van der Waals surface area contributed by atoms with Crippen LogP contribution < -0.4 is 4.74 Å². The number of likely N-dealkylation sites (N-methyl/N-ethyl adjacent to an activating group) is 1. The van der Waals surface area contributed by atoms with Gasteiger partial charge in [0.05, 0.1) is 23.0 Å². The quantitative estimate of drug-likeness (QED) is 0.750. The van der Waals surface area contributed by atoms with Gasteiger partial charge in [0, 0.05) is 24.9 Å². The predicted octanol–water partition coefficient (Wildman–Crippen LogP) is 1.33. The Morgan fingerprint density at radius 2 is 2.29 bits per heavy atom. The maximum atomic E-state index is 12.5. The Bertz CT molecular complexity index is 763. The molecular formula is C11H15NO2. The van der Waals surface area contributed by atoms with E-state index in [1.807, 2.05) is 0 Å². The molecule has 0 radical (unpaired) electrons. The van der Waals surface area contributed by atoms with Crippen molar-refractivity contribution in [2.45, 2.75) is 6.37 Å². The highest BCUT2D eigenvalue weighted by atomic mass is 16.5. The van der Waals surface area contributed by atoms with E-state index in [-0.39, 0.29) is 0 Å². The van der Waals surface area contributed by atoms with E-state index in [0.29, 0.717) is 0 Å². The van der Waals surface area contributed by atoms with Gasteiger partial charge in [0.15, 0.2) is 0 Å². The topological polar surface area (TPSA) is 29.5 Å². The van der Waals surface area contributed by atoms with E-state index in [0.717, 1.165) is 0 Å². The van der Waals surface area contributed by atoms with E-state index in [1.54, 1.807) is 0 Å². The van der Waals surface area contributed by atoms with Gasteiger partial charge in [-0.05, 0) is 17.6 Å². The first kappa shape index (κ1) is 2.18. The Balaban J connectivity index is 3.74. The second-order valence-electron chi connectivity index (χ2n) is 2.07. The first-order chi connectivity index (χ1) is 12.6. The number of ether oxygens (including phenoxy) is 1. The maximum absolute atomic E-state index is 12.5. The third-order valence-corrected chi connectivity index (χ3v) is 1.14. The minimum atomic E-state index is -3.62. The fourth-order valence-corrected chi connectivity index (χ4v) is 0.577. The molecule has 76 valence electrons. The Kier molecular flexibility index (Phi) is 0.725. The summed E-state index contributed by atoms with van der Waals surface area (Å²) in [6.07, 6.45) is -3.62. The summed E-state index contributed by atoms with van der Waals surface area (Å²) < 4.78 is 116. The van der Waals surface area contributed by atoms with Crippen LogP contribution in [-0.2, 0) is 11.2 Å². The molecule has 0 atom stereocenters. The zero-order valence-electron chi connectivity index (χ0n) is 21.8. The van der Waals surface area contributed by atoms with Crippen molar-refractivity contribution in [1.82, 2.24) is 4.90 Å². The molecule has 3 nitrogen and oxygen atoms in total. The van der Waals surface area contributed by atoms with Gasteiger partial charge in [-0.3, -0.25) is 4.79 Å². The molecule has 0 saturated heterocycles. The molecule has 0 aromatic heterocycles. The summed E-state index contributed by atoms with van der Waals surface area (Å²) in [7, 11) is -3.17. The Morgan fingerprint density at radius 1 is 1.57 bits per heavy atom. The average Bonchev–Trinajstić information content (AvgIpc) is 2.45. The van der Waals surface area contributed by atoms with E-state index in [9.17, 15) is 4.79 Å². The number of benzene rings is 1. The number of amides is 1. The van der Waals surface area contributed by atoms with Crippen molar-refractivity contribution in [1.29, 1.82) is 0 Å². The minimum absolute atomic E-state index is 0.709. The molecule has 0 aliphatic rings. The third-order valence-electron chi connectivity index (χ3n) is 1.14. The molecule has 0 aliphatic carbocycles. The van der Waals surface area contributed by atoms with E-state index >= 15 is 0 Å². The molecule has 0 N–H and O–H groups in total. The van der Waals surface area contributed by atoms with Crippen LogP contribution in [-0.4, -0.2) is 31.8 Å². The molecule has 14 heavy (non-hydrogen) atoms. The fraction of sp³-hybridized carbons (Fsp3) is 0.364. The first-order valence-corrected chi connectivity index (χ1v) is 3.28. The molecule has 1 aromatic carbocycles. The molecule has 0 saturated carbocycles. The van der Waals surface area contributed by atoms with Crippen LogP contribution in [0.3, 0.4) is 0 Å². The summed E-state index contributed by atoms with van der Waals surface area (Å²) in [6.45, 7) is -7.23. The minimum Gasteiger partial charge on any atom is -0.497 e. The third kappa shape index (κ3) is 2.76. The van der Waals surface area contributed by atoms with Crippen LogP contribution in [0.15, 0.2) is 24.2 Å². The SMILES string of the molecule is [2H]c1c([2H])c(C([2H])([2H])C(=O)N(C([2H])([2H])[2H])C([2H])([2H])[2H])c([2H])c([2H])c1OC([2H])([2H])[2H]. The molecule has 3 heteroatoms. The van der Waals surface area contributed by atoms with Crippen molar-refractivity contribution in [2.75, 3.05) is 21.0 Å². The van der Waals surface area contributed by atoms with E-state index in [1.165, 1.54) is 0 Å². The molecular weight excluding hydrogens is 178 g/mol. The van der Waals surface area contributed by atoms with Crippen LogP contribution in [0.4, 0.5) is 0 Å². The normalized spacial score (nSPS) is 29.0. The number of rotatable bonds is 3. The van der Waals surface area contributed by atoms with Crippen molar-refractivity contribution in [2.24, 2.45) is 0 Å². The second kappa shape index (κ2) is 4.65. The lowest BCUT2D eigenvalue weighted by atomic mass is 10.1. The van der Waals surface area contributed by atoms with Gasteiger partial charge in [-0.25, -0.2) is 0 Å². The van der Waals surface area contributed by atoms with Crippen LogP contribution in [0.1, 0.15) is 26.1 Å². The van der Waals surface area contributed by atoms with E-state index in [2.05, 4.69) is 4.74 Å². The van der Waals surface area contributed by atoms with Crippen molar-refractivity contribution >= 4 is 5.91 Å². The molecule has 0 spiro atoms. The number of carbonyl (C=O) groups excluding carboxylic acids is 1. The Morgan fingerprint density at radius 3 is 2.86 bits per heavy atom. The Labute approximate surface area is 105 Å². The van der Waals surface area contributed by atoms with Crippen molar-refractivity contribution in [3.05, 3.63) is 29.7 Å². The Hall–Kier alpha value is -1.51. The molecule has 0 fully saturated rings. The summed E-state index contributed by atoms with van der Waals surface area (Å²) in [6, 6.07) is -4.77. The molecule has 0 unspecified atom stereocenters. The fourth-order valence-electron chi connectivity index (χ4n) is 0.577. The highest BCUT2D eigenvalue weighted by molar-refractivity contribution is 5.78. The van der Waals surface area contributed by atoms with Gasteiger partial charge in [0.1, 0.15) is 5.75 Å². The highest BCUT2D eigenvalue weighted by Gasteiger charge is 2.04. The lowest BCUT2D eigenvalue weighted by Gasteiger charge is -2.10. The van der Waals surface area contributed by atoms with Gasteiger partial charge in [-0.15, -0.1) is 0 Å². The molecule has 1 aromatic rings. The maximum Gasteiger partial charge on any atom is 0.226 e. The van der Waals surface area contributed by atoms with Gasteiger partial charge in [-0.1, -0.05) is 12.1 Å². The lowest BCUT2D eigenvalue weighted by Crippen LogP contribution is -2.23. The standard InChI is InChI=1S/C11H15NO2/c1-12(2)11(13)8-9-4-6-10(14-3)7-5-9/h4-7H,8H2,1-3H3/i1D3,2D3,3D3,4D,5D,6D,7D,8D2. The van der Waals surface area contributed by atoms with Gasteiger partial charge in [0.2, 0.25) is 5.91 Å². The number of methoxy groups -OCH3 is 1. The largest absolute Gasteiger partial charge is 0.497 e. The zero-order chi connectivity index (χ0) is 23.3. The second-order valence-corrected chi connectivity index (χ2v) is 2.07. The van der Waals surface area contributed by atoms with Crippen molar-refractivity contribution in [3.8, 4) is 5.75 Å². The van der Waals surface area contributed by atoms with Gasteiger partial charge in [-0.2, -0.15) is 0 Å². The number of carbonyl (C=O) groups is 1. The lowest BCUT2D eigenvalue weighted by molar-refractivity contribution is -0.127. The first-order valence-electron chi connectivity index (χ1n) is 10.8. The molecule has 1 amide bonds. The summed E-state index contributed by atoms with van der Waals surface area (Å²) in [4.78, 5) is 11.8. The van der Waals surface area contributed by atoms with Crippen LogP contribution in [0, 0.1) is 0 Å². The number of nitrogens with zero attached hydrogens (tertiary/aromatic N) is 1. The zero-order valence-corrected chi connectivity index (χ0v) is 6.76. The smallest absolute Gasteiger partial charge is 0.226 e. The summed E-state index contributed by atoms with van der Waals surface area (Å²) in [5.41, 5.74) is -1.27. The van der Waals surface area contributed by atoms with E-state index < -0.39 is 73.7 Å². The van der Waals surface area contributed by atoms with Crippen LogP contribution in [0.5, 0.6) is 5.75 Å². The summed E-state index contributed by atoms with van der Waals surface area (Å²) in [5.74, 6) is -3.20.